The lowest BCUT2D eigenvalue weighted by Crippen LogP contribution is -2.44. The standard InChI is InChI=1S/C13H21NOS2/c1-3-12-13(17-7-6-16-12)11(14-2)8-10-4-5-15-9-10/h4-5,9,11-14H,3,6-8H2,1-2H3. The largest absolute Gasteiger partial charge is 0.472 e. The predicted molar refractivity (Wildman–Crippen MR) is 78.0 cm³/mol. The molecule has 4 heteroatoms. The lowest BCUT2D eigenvalue weighted by molar-refractivity contribution is 0.510. The van der Waals surface area contributed by atoms with Gasteiger partial charge in [-0.3, -0.25) is 0 Å². The van der Waals surface area contributed by atoms with E-state index >= 15 is 0 Å². The average molecular weight is 271 g/mol. The molecule has 2 heterocycles. The first-order chi connectivity index (χ1) is 8.35. The molecule has 0 saturated carbocycles. The first-order valence-electron chi connectivity index (χ1n) is 6.26. The molecule has 0 spiro atoms. The summed E-state index contributed by atoms with van der Waals surface area (Å²) in [5, 5.41) is 5.01. The third-order valence-corrected chi connectivity index (χ3v) is 6.70. The topological polar surface area (TPSA) is 25.2 Å². The maximum atomic E-state index is 5.16. The number of thioether (sulfide) groups is 2. The Morgan fingerprint density at radius 3 is 2.94 bits per heavy atom. The molecule has 1 aliphatic heterocycles. The quantitative estimate of drug-likeness (QED) is 0.890. The summed E-state index contributed by atoms with van der Waals surface area (Å²) in [6.45, 7) is 2.31. The van der Waals surface area contributed by atoms with Crippen LogP contribution < -0.4 is 5.32 Å². The Bertz CT molecular complexity index is 315. The second kappa shape index (κ2) is 6.76. The maximum absolute atomic E-state index is 5.16. The van der Waals surface area contributed by atoms with Gasteiger partial charge in [-0.05, 0) is 31.5 Å². The average Bonchev–Trinajstić information content (AvgIpc) is 2.89. The molecule has 2 rings (SSSR count). The van der Waals surface area contributed by atoms with Crippen LogP contribution in [0.25, 0.3) is 0 Å². The minimum absolute atomic E-state index is 0.551. The van der Waals surface area contributed by atoms with Gasteiger partial charge in [-0.1, -0.05) is 6.92 Å². The van der Waals surface area contributed by atoms with Gasteiger partial charge in [0.2, 0.25) is 0 Å². The number of likely N-dealkylation sites (N-methyl/N-ethyl adjacent to an activating group) is 1. The second-order valence-electron chi connectivity index (χ2n) is 4.38. The van der Waals surface area contributed by atoms with E-state index in [-0.39, 0.29) is 0 Å². The monoisotopic (exact) mass is 271 g/mol. The van der Waals surface area contributed by atoms with Gasteiger partial charge < -0.3 is 9.73 Å². The Balaban J connectivity index is 2.00. The van der Waals surface area contributed by atoms with Crippen molar-refractivity contribution in [1.82, 2.24) is 5.32 Å². The van der Waals surface area contributed by atoms with Crippen molar-refractivity contribution in [2.75, 3.05) is 18.6 Å². The third kappa shape index (κ3) is 3.46. The van der Waals surface area contributed by atoms with Gasteiger partial charge in [0.1, 0.15) is 0 Å². The zero-order valence-corrected chi connectivity index (χ0v) is 12.2. The molecule has 3 atom stereocenters. The molecule has 2 nitrogen and oxygen atoms in total. The summed E-state index contributed by atoms with van der Waals surface area (Å²) in [6.07, 6.45) is 5.97. The Labute approximate surface area is 112 Å². The number of nitrogens with one attached hydrogen (secondary N) is 1. The van der Waals surface area contributed by atoms with Crippen LogP contribution in [0.3, 0.4) is 0 Å². The molecule has 0 aliphatic carbocycles. The van der Waals surface area contributed by atoms with Crippen LogP contribution in [0.2, 0.25) is 0 Å². The summed E-state index contributed by atoms with van der Waals surface area (Å²) in [6, 6.07) is 2.63. The van der Waals surface area contributed by atoms with Crippen molar-refractivity contribution < 1.29 is 4.42 Å². The first-order valence-corrected chi connectivity index (χ1v) is 8.36. The van der Waals surface area contributed by atoms with Gasteiger partial charge in [0.05, 0.1) is 12.5 Å². The fraction of sp³-hybridized carbons (Fsp3) is 0.692. The van der Waals surface area contributed by atoms with Gasteiger partial charge in [-0.25, -0.2) is 0 Å². The van der Waals surface area contributed by atoms with Crippen molar-refractivity contribution in [1.29, 1.82) is 0 Å². The number of hydrogen-bond donors (Lipinski definition) is 1. The molecule has 1 N–H and O–H groups in total. The molecule has 17 heavy (non-hydrogen) atoms. The molecule has 0 bridgehead atoms. The lowest BCUT2D eigenvalue weighted by atomic mass is 10.0. The summed E-state index contributed by atoms with van der Waals surface area (Å²) >= 11 is 4.28. The van der Waals surface area contributed by atoms with E-state index in [0.29, 0.717) is 6.04 Å². The van der Waals surface area contributed by atoms with Crippen LogP contribution >= 0.6 is 23.5 Å². The predicted octanol–water partition coefficient (Wildman–Crippen LogP) is 3.04. The van der Waals surface area contributed by atoms with E-state index in [2.05, 4.69) is 48.9 Å². The second-order valence-corrected chi connectivity index (χ2v) is 7.02. The Morgan fingerprint density at radius 1 is 1.47 bits per heavy atom. The fourth-order valence-electron chi connectivity index (χ4n) is 2.36. The van der Waals surface area contributed by atoms with Gasteiger partial charge in [0, 0.05) is 28.0 Å². The maximum Gasteiger partial charge on any atom is 0.0935 e. The normalized spacial score (nSPS) is 26.9. The van der Waals surface area contributed by atoms with E-state index in [1.165, 1.54) is 23.5 Å². The van der Waals surface area contributed by atoms with Gasteiger partial charge in [-0.15, -0.1) is 0 Å². The van der Waals surface area contributed by atoms with Crippen LogP contribution in [0.4, 0.5) is 0 Å². The van der Waals surface area contributed by atoms with Crippen molar-refractivity contribution in [3.05, 3.63) is 24.2 Å². The lowest BCUT2D eigenvalue weighted by Gasteiger charge is -2.35. The first kappa shape index (κ1) is 13.4. The fourth-order valence-corrected chi connectivity index (χ4v) is 5.66. The minimum atomic E-state index is 0.551. The van der Waals surface area contributed by atoms with E-state index < -0.39 is 0 Å². The molecule has 1 aromatic heterocycles. The van der Waals surface area contributed by atoms with Crippen LogP contribution in [0.15, 0.2) is 23.0 Å². The summed E-state index contributed by atoms with van der Waals surface area (Å²) in [7, 11) is 2.08. The van der Waals surface area contributed by atoms with Crippen molar-refractivity contribution >= 4 is 23.5 Å². The number of rotatable bonds is 5. The van der Waals surface area contributed by atoms with E-state index in [0.717, 1.165) is 16.9 Å². The summed E-state index contributed by atoms with van der Waals surface area (Å²) in [4.78, 5) is 0. The highest BCUT2D eigenvalue weighted by molar-refractivity contribution is 8.07. The molecular weight excluding hydrogens is 250 g/mol. The van der Waals surface area contributed by atoms with Gasteiger partial charge in [0.25, 0.3) is 0 Å². The Hall–Kier alpha value is -0.0600. The number of hydrogen-bond acceptors (Lipinski definition) is 4. The minimum Gasteiger partial charge on any atom is -0.472 e. The smallest absolute Gasteiger partial charge is 0.0935 e. The van der Waals surface area contributed by atoms with E-state index in [4.69, 9.17) is 4.42 Å². The molecule has 0 radical (unpaired) electrons. The van der Waals surface area contributed by atoms with Crippen molar-refractivity contribution in [3.8, 4) is 0 Å². The SMILES string of the molecule is CCC1SCCSC1C(Cc1ccoc1)NC. The zero-order valence-electron chi connectivity index (χ0n) is 10.5. The van der Waals surface area contributed by atoms with Gasteiger partial charge in [-0.2, -0.15) is 23.5 Å². The summed E-state index contributed by atoms with van der Waals surface area (Å²) in [5.41, 5.74) is 1.30. The summed E-state index contributed by atoms with van der Waals surface area (Å²) < 4.78 is 5.16. The molecule has 96 valence electrons. The Morgan fingerprint density at radius 2 is 2.29 bits per heavy atom. The highest BCUT2D eigenvalue weighted by Crippen LogP contribution is 2.35. The highest BCUT2D eigenvalue weighted by Gasteiger charge is 2.31. The number of furan rings is 1. The van der Waals surface area contributed by atoms with Crippen LogP contribution in [0, 0.1) is 0 Å². The third-order valence-electron chi connectivity index (χ3n) is 3.30. The van der Waals surface area contributed by atoms with Gasteiger partial charge in [0.15, 0.2) is 0 Å². The summed E-state index contributed by atoms with van der Waals surface area (Å²) in [5.74, 6) is 2.59. The molecule has 0 amide bonds. The van der Waals surface area contributed by atoms with Gasteiger partial charge >= 0.3 is 0 Å². The molecule has 1 saturated heterocycles. The molecule has 1 aromatic rings. The van der Waals surface area contributed by atoms with E-state index in [9.17, 15) is 0 Å². The molecule has 1 fully saturated rings. The van der Waals surface area contributed by atoms with Crippen LogP contribution in [0.1, 0.15) is 18.9 Å². The zero-order chi connectivity index (χ0) is 12.1. The van der Waals surface area contributed by atoms with Crippen LogP contribution in [0.5, 0.6) is 0 Å². The van der Waals surface area contributed by atoms with Crippen LogP contribution in [-0.2, 0) is 6.42 Å². The van der Waals surface area contributed by atoms with Crippen molar-refractivity contribution in [2.45, 2.75) is 36.3 Å². The van der Waals surface area contributed by atoms with Crippen molar-refractivity contribution in [2.24, 2.45) is 0 Å². The molecule has 1 aliphatic rings. The highest BCUT2D eigenvalue weighted by atomic mass is 32.2. The molecule has 3 unspecified atom stereocenters. The molecule has 0 aromatic carbocycles. The molecular formula is C13H21NOS2. The Kier molecular flexibility index (Phi) is 5.32. The van der Waals surface area contributed by atoms with E-state index in [1.807, 2.05) is 6.26 Å². The van der Waals surface area contributed by atoms with Crippen LogP contribution in [-0.4, -0.2) is 35.1 Å². The van der Waals surface area contributed by atoms with Crippen molar-refractivity contribution in [3.63, 3.8) is 0 Å². The van der Waals surface area contributed by atoms with E-state index in [1.54, 1.807) is 6.26 Å².